The van der Waals surface area contributed by atoms with Crippen LogP contribution in [-0.2, 0) is 14.3 Å². The molecule has 0 amide bonds. The van der Waals surface area contributed by atoms with E-state index in [0.29, 0.717) is 30.2 Å². The normalized spacial score (nSPS) is 17.9. The van der Waals surface area contributed by atoms with Crippen molar-refractivity contribution >= 4 is 34.0 Å². The number of rotatable bonds is 5. The number of allylic oxidation sites excluding steroid dienone is 1. The lowest BCUT2D eigenvalue weighted by molar-refractivity contribution is -0.114. The second kappa shape index (κ2) is 7.72. The third-order valence-corrected chi connectivity index (χ3v) is 5.56. The molecule has 0 unspecified atom stereocenters. The fraction of sp³-hybridized carbons (Fsp3) is 0.409. The van der Waals surface area contributed by atoms with Gasteiger partial charge in [0, 0.05) is 42.5 Å². The molecule has 0 saturated carbocycles. The number of ether oxygens (including phenoxy) is 2. The van der Waals surface area contributed by atoms with E-state index >= 15 is 0 Å². The Morgan fingerprint density at radius 3 is 2.86 bits per heavy atom. The minimum absolute atomic E-state index is 0.105. The van der Waals surface area contributed by atoms with Gasteiger partial charge in [-0.25, -0.2) is 4.99 Å². The number of hydrogen-bond acceptors (Lipinski definition) is 5. The lowest BCUT2D eigenvalue weighted by Gasteiger charge is -2.21. The van der Waals surface area contributed by atoms with Crippen molar-refractivity contribution in [1.29, 1.82) is 5.41 Å². The van der Waals surface area contributed by atoms with Gasteiger partial charge in [-0.3, -0.25) is 10.2 Å². The van der Waals surface area contributed by atoms with Crippen LogP contribution in [0.5, 0.6) is 0 Å². The minimum Gasteiger partial charge on any atom is -0.480 e. The molecule has 2 N–H and O–H groups in total. The van der Waals surface area contributed by atoms with E-state index in [1.807, 2.05) is 31.2 Å². The molecule has 0 aliphatic carbocycles. The molecule has 4 rings (SSSR count). The van der Waals surface area contributed by atoms with Crippen LogP contribution in [0.25, 0.3) is 16.6 Å². The third kappa shape index (κ3) is 3.64. The predicted octanol–water partition coefficient (Wildman–Crippen LogP) is 4.10. The van der Waals surface area contributed by atoms with Crippen molar-refractivity contribution in [3.05, 3.63) is 41.1 Å². The zero-order valence-corrected chi connectivity index (χ0v) is 16.3. The third-order valence-electron chi connectivity index (χ3n) is 5.56. The largest absolute Gasteiger partial charge is 0.480 e. The highest BCUT2D eigenvalue weighted by Crippen LogP contribution is 2.32. The Labute approximate surface area is 164 Å². The molecule has 6 heteroatoms. The number of aromatic nitrogens is 1. The number of nitrogens with one attached hydrogen (secondary N) is 2. The van der Waals surface area contributed by atoms with Gasteiger partial charge in [-0.2, -0.15) is 0 Å². The van der Waals surface area contributed by atoms with E-state index in [0.717, 1.165) is 53.8 Å². The Kier molecular flexibility index (Phi) is 5.13. The number of ketones is 1. The summed E-state index contributed by atoms with van der Waals surface area (Å²) in [5.74, 6) is 0.687. The topological polar surface area (TPSA) is 87.5 Å². The van der Waals surface area contributed by atoms with Gasteiger partial charge in [0.25, 0.3) is 0 Å². The first-order chi connectivity index (χ1) is 13.5. The molecule has 3 heterocycles. The van der Waals surface area contributed by atoms with Crippen LogP contribution in [0.1, 0.15) is 43.9 Å². The monoisotopic (exact) mass is 379 g/mol. The van der Waals surface area contributed by atoms with Crippen molar-refractivity contribution in [2.24, 2.45) is 10.9 Å². The van der Waals surface area contributed by atoms with Crippen LogP contribution < -0.4 is 0 Å². The Morgan fingerprint density at radius 2 is 2.11 bits per heavy atom. The van der Waals surface area contributed by atoms with Crippen molar-refractivity contribution in [3.8, 4) is 0 Å². The molecule has 1 aromatic carbocycles. The van der Waals surface area contributed by atoms with Crippen LogP contribution >= 0.6 is 0 Å². The van der Waals surface area contributed by atoms with Gasteiger partial charge in [0.2, 0.25) is 5.90 Å². The molecular formula is C22H25N3O3. The number of carbonyl (C=O) groups excluding carboxylic acids is 1. The predicted molar refractivity (Wildman–Crippen MR) is 110 cm³/mol. The summed E-state index contributed by atoms with van der Waals surface area (Å²) in [5.41, 5.74) is 5.26. The maximum atomic E-state index is 12.7. The summed E-state index contributed by atoms with van der Waals surface area (Å²) in [6.07, 6.45) is 3.12. The summed E-state index contributed by atoms with van der Waals surface area (Å²) >= 11 is 0. The second-order valence-electron chi connectivity index (χ2n) is 7.57. The number of fused-ring (bicyclic) bond motifs is 1. The first kappa shape index (κ1) is 18.6. The Bertz CT molecular complexity index is 994. The summed E-state index contributed by atoms with van der Waals surface area (Å²) in [5, 5.41) is 8.81. The molecule has 1 fully saturated rings. The number of H-pyrrole nitrogens is 1. The molecule has 2 aliphatic rings. The van der Waals surface area contributed by atoms with Crippen molar-refractivity contribution < 1.29 is 14.3 Å². The fourth-order valence-corrected chi connectivity index (χ4v) is 3.92. The van der Waals surface area contributed by atoms with Crippen LogP contribution in [0, 0.1) is 11.3 Å². The maximum absolute atomic E-state index is 12.7. The average Bonchev–Trinajstić information content (AvgIpc) is 3.31. The first-order valence-electron chi connectivity index (χ1n) is 9.69. The molecule has 146 valence electrons. The number of benzene rings is 1. The van der Waals surface area contributed by atoms with E-state index < -0.39 is 0 Å². The summed E-state index contributed by atoms with van der Waals surface area (Å²) in [6.45, 7) is 3.55. The van der Waals surface area contributed by atoms with E-state index in [1.54, 1.807) is 0 Å². The first-order valence-corrected chi connectivity index (χ1v) is 9.69. The number of carbonyl (C=O) groups is 1. The summed E-state index contributed by atoms with van der Waals surface area (Å²) in [6, 6.07) is 7.94. The molecule has 2 aliphatic heterocycles. The highest BCUT2D eigenvalue weighted by molar-refractivity contribution is 6.42. The molecular weight excluding hydrogens is 354 g/mol. The van der Waals surface area contributed by atoms with Gasteiger partial charge in [0.1, 0.15) is 5.69 Å². The van der Waals surface area contributed by atoms with Gasteiger partial charge in [0.05, 0.1) is 18.5 Å². The molecule has 0 spiro atoms. The van der Waals surface area contributed by atoms with E-state index in [-0.39, 0.29) is 11.7 Å². The van der Waals surface area contributed by atoms with Crippen molar-refractivity contribution in [1.82, 2.24) is 4.98 Å². The van der Waals surface area contributed by atoms with E-state index in [2.05, 4.69) is 4.98 Å². The number of Topliss-reactive ketones (excluding diaryl/α,β-unsaturated/α-hetero) is 1. The van der Waals surface area contributed by atoms with Gasteiger partial charge >= 0.3 is 0 Å². The number of nitrogens with zero attached hydrogens (tertiary/aromatic N) is 1. The van der Waals surface area contributed by atoms with Crippen molar-refractivity contribution in [2.45, 2.75) is 32.6 Å². The number of aliphatic imine (C=N–C) groups is 1. The maximum Gasteiger partial charge on any atom is 0.229 e. The van der Waals surface area contributed by atoms with Crippen LogP contribution in [0.15, 0.2) is 34.8 Å². The smallest absolute Gasteiger partial charge is 0.229 e. The summed E-state index contributed by atoms with van der Waals surface area (Å²) < 4.78 is 10.4. The van der Waals surface area contributed by atoms with Crippen LogP contribution in [-0.4, -0.2) is 42.7 Å². The quantitative estimate of drug-likeness (QED) is 0.605. The van der Waals surface area contributed by atoms with Crippen molar-refractivity contribution in [3.63, 3.8) is 0 Å². The van der Waals surface area contributed by atoms with Crippen LogP contribution in [0.3, 0.4) is 0 Å². The van der Waals surface area contributed by atoms with Gasteiger partial charge in [-0.1, -0.05) is 6.07 Å². The van der Waals surface area contributed by atoms with E-state index in [4.69, 9.17) is 19.9 Å². The average molecular weight is 379 g/mol. The van der Waals surface area contributed by atoms with Crippen LogP contribution in [0.4, 0.5) is 0 Å². The second-order valence-corrected chi connectivity index (χ2v) is 7.57. The zero-order chi connectivity index (χ0) is 19.7. The number of aromatic amines is 1. The molecule has 1 aromatic heterocycles. The number of hydrogen-bond donors (Lipinski definition) is 2. The molecule has 2 aromatic rings. The fourth-order valence-electron chi connectivity index (χ4n) is 3.92. The minimum atomic E-state index is 0.105. The van der Waals surface area contributed by atoms with Crippen LogP contribution in [0.2, 0.25) is 0 Å². The summed E-state index contributed by atoms with van der Waals surface area (Å²) in [4.78, 5) is 20.6. The Hall–Kier alpha value is -2.73. The highest BCUT2D eigenvalue weighted by Gasteiger charge is 2.25. The Balaban J connectivity index is 1.55. The van der Waals surface area contributed by atoms with E-state index in [9.17, 15) is 4.79 Å². The molecule has 0 bridgehead atoms. The van der Waals surface area contributed by atoms with Gasteiger partial charge in [0.15, 0.2) is 5.78 Å². The molecule has 28 heavy (non-hydrogen) atoms. The Morgan fingerprint density at radius 1 is 1.32 bits per heavy atom. The molecule has 1 saturated heterocycles. The highest BCUT2D eigenvalue weighted by atomic mass is 16.5. The molecule has 0 atom stereocenters. The van der Waals surface area contributed by atoms with Gasteiger partial charge < -0.3 is 14.5 Å². The lowest BCUT2D eigenvalue weighted by Crippen LogP contribution is -2.22. The standard InChI is InChI=1S/C22H25N3O3/c1-13-9-18(20(26)10-14-5-7-28-8-6-14)25-21(13)15-3-4-17-16(11-15)12-19(24-17)22(23)27-2/h3-4,11-12,14,23-24H,5-10H2,1-2H3. The lowest BCUT2D eigenvalue weighted by atomic mass is 9.92. The molecule has 0 radical (unpaired) electrons. The SMILES string of the molecule is COC(=N)c1cc2cc(C3=C(C)CC(C(=O)CC4CCOCC4)=N3)ccc2[nH]1. The summed E-state index contributed by atoms with van der Waals surface area (Å²) in [7, 11) is 1.49. The van der Waals surface area contributed by atoms with Crippen molar-refractivity contribution in [2.75, 3.05) is 20.3 Å². The van der Waals surface area contributed by atoms with Gasteiger partial charge in [-0.05, 0) is 49.5 Å². The van der Waals surface area contributed by atoms with Gasteiger partial charge in [-0.15, -0.1) is 0 Å². The van der Waals surface area contributed by atoms with E-state index in [1.165, 1.54) is 7.11 Å². The number of methoxy groups -OCH3 is 1. The molecule has 6 nitrogen and oxygen atoms in total. The zero-order valence-electron chi connectivity index (χ0n) is 16.3.